The number of rotatable bonds is 0. The fourth-order valence-corrected chi connectivity index (χ4v) is 2.32. The van der Waals surface area contributed by atoms with Crippen LogP contribution in [0.1, 0.15) is 17.5 Å². The van der Waals surface area contributed by atoms with Gasteiger partial charge in [-0.05, 0) is 36.1 Å². The molecule has 0 aliphatic carbocycles. The molecule has 1 heterocycles. The molecule has 2 radical (unpaired) electrons. The summed E-state index contributed by atoms with van der Waals surface area (Å²) in [5.41, 5.74) is 2.52. The molecule has 1 aromatic carbocycles. The summed E-state index contributed by atoms with van der Waals surface area (Å²) in [6, 6.07) is 6.18. The Morgan fingerprint density at radius 1 is 1.40 bits per heavy atom. The smallest absolute Gasteiger partial charge is 0.200 e. The number of fused-ring (bicyclic) bond motifs is 1. The van der Waals surface area contributed by atoms with Crippen molar-refractivity contribution < 1.29 is 4.79 Å². The lowest BCUT2D eigenvalue weighted by Crippen LogP contribution is -2.29. The molecule has 0 atom stereocenters. The molecule has 2 nitrogen and oxygen atoms in total. The van der Waals surface area contributed by atoms with Gasteiger partial charge in [0.1, 0.15) is 0 Å². The third-order valence-electron chi connectivity index (χ3n) is 2.72. The Hall–Kier alpha value is -0.765. The van der Waals surface area contributed by atoms with Crippen LogP contribution < -0.4 is 0 Å². The molecular weight excluding hydrogens is 253 g/mol. The Balaban J connectivity index is 2.29. The molecule has 1 aliphatic rings. The van der Waals surface area contributed by atoms with Crippen molar-refractivity contribution in [3.05, 3.63) is 33.8 Å². The molecule has 0 N–H and O–H groups in total. The lowest BCUT2D eigenvalue weighted by atomic mass is 10.0. The summed E-state index contributed by atoms with van der Waals surface area (Å²) >= 11 is 3.45. The van der Waals surface area contributed by atoms with Gasteiger partial charge in [0, 0.05) is 17.6 Å². The molecule has 0 fully saturated rings. The summed E-state index contributed by atoms with van der Waals surface area (Å²) in [6.07, 6.45) is 1.99. The van der Waals surface area contributed by atoms with E-state index in [9.17, 15) is 4.79 Å². The minimum Gasteiger partial charge on any atom is -0.348 e. The Morgan fingerprint density at radius 2 is 2.20 bits per heavy atom. The molecule has 4 heteroatoms. The molecule has 1 aromatic rings. The zero-order valence-electron chi connectivity index (χ0n) is 8.37. The molecule has 76 valence electrons. The lowest BCUT2D eigenvalue weighted by molar-refractivity contribution is 0.220. The fourth-order valence-electron chi connectivity index (χ4n) is 1.91. The van der Waals surface area contributed by atoms with Crippen LogP contribution in [0.4, 0.5) is 4.79 Å². The van der Waals surface area contributed by atoms with Gasteiger partial charge in [-0.2, -0.15) is 0 Å². The number of halogens is 1. The Morgan fingerprint density at radius 3 is 2.93 bits per heavy atom. The maximum absolute atomic E-state index is 11.1. The van der Waals surface area contributed by atoms with Crippen LogP contribution in [0.25, 0.3) is 0 Å². The van der Waals surface area contributed by atoms with Crippen molar-refractivity contribution in [1.29, 1.82) is 0 Å². The molecule has 0 spiro atoms. The second-order valence-electron chi connectivity index (χ2n) is 3.78. The van der Waals surface area contributed by atoms with Gasteiger partial charge in [0.15, 0.2) is 5.81 Å². The van der Waals surface area contributed by atoms with Gasteiger partial charge >= 0.3 is 0 Å². The maximum Gasteiger partial charge on any atom is 0.200 e. The molecule has 0 saturated carbocycles. The van der Waals surface area contributed by atoms with Crippen molar-refractivity contribution in [2.75, 3.05) is 6.54 Å². The summed E-state index contributed by atoms with van der Waals surface area (Å²) in [7, 11) is 5.30. The van der Waals surface area contributed by atoms with Crippen molar-refractivity contribution in [1.82, 2.24) is 4.90 Å². The predicted molar refractivity (Wildman–Crippen MR) is 64.0 cm³/mol. The van der Waals surface area contributed by atoms with Crippen LogP contribution in [0, 0.1) is 0 Å². The van der Waals surface area contributed by atoms with E-state index in [1.807, 2.05) is 6.07 Å². The molecular formula is C11H11BBrNO. The number of carbonyl (C=O) groups excluding carboxylic acids is 1. The first-order chi connectivity index (χ1) is 7.16. The average Bonchev–Trinajstić information content (AvgIpc) is 2.39. The standard InChI is InChI=1S/C11H11BBrNO/c12-11(15)14-5-1-2-8-6-10(13)4-3-9(8)7-14/h3-4,6H,1-2,5,7H2. The SMILES string of the molecule is [B]C(=O)N1CCCc2cc(Br)ccc2C1. The van der Waals surface area contributed by atoms with Crippen LogP contribution in [0.3, 0.4) is 0 Å². The fraction of sp³-hybridized carbons (Fsp3) is 0.364. The first-order valence-electron chi connectivity index (χ1n) is 4.98. The molecule has 0 aromatic heterocycles. The highest BCUT2D eigenvalue weighted by atomic mass is 79.9. The van der Waals surface area contributed by atoms with Crippen molar-refractivity contribution >= 4 is 29.6 Å². The van der Waals surface area contributed by atoms with E-state index < -0.39 is 0 Å². The van der Waals surface area contributed by atoms with E-state index in [1.165, 1.54) is 11.1 Å². The number of aryl methyl sites for hydroxylation is 1. The van der Waals surface area contributed by atoms with Crippen molar-refractivity contribution in [3.8, 4) is 0 Å². The summed E-state index contributed by atoms with van der Waals surface area (Å²) in [5, 5.41) is 0. The third-order valence-corrected chi connectivity index (χ3v) is 3.21. The van der Waals surface area contributed by atoms with Crippen LogP contribution in [0.15, 0.2) is 22.7 Å². The zero-order valence-corrected chi connectivity index (χ0v) is 9.96. The summed E-state index contributed by atoms with van der Waals surface area (Å²) in [5.74, 6) is -0.328. The average molecular weight is 264 g/mol. The van der Waals surface area contributed by atoms with Crippen LogP contribution in [-0.4, -0.2) is 25.1 Å². The van der Waals surface area contributed by atoms with Gasteiger partial charge in [0.2, 0.25) is 7.85 Å². The normalized spacial score (nSPS) is 15.7. The zero-order chi connectivity index (χ0) is 10.8. The molecule has 0 unspecified atom stereocenters. The van der Waals surface area contributed by atoms with E-state index in [2.05, 4.69) is 28.1 Å². The van der Waals surface area contributed by atoms with Gasteiger partial charge in [-0.25, -0.2) is 0 Å². The molecule has 15 heavy (non-hydrogen) atoms. The Bertz CT molecular complexity index is 394. The highest BCUT2D eigenvalue weighted by Crippen LogP contribution is 2.22. The molecule has 1 amide bonds. The van der Waals surface area contributed by atoms with E-state index in [0.29, 0.717) is 6.54 Å². The minimum absolute atomic E-state index is 0.328. The number of benzene rings is 1. The second kappa shape index (κ2) is 4.39. The number of hydrogen-bond acceptors (Lipinski definition) is 1. The van der Waals surface area contributed by atoms with Gasteiger partial charge in [0.25, 0.3) is 0 Å². The lowest BCUT2D eigenvalue weighted by Gasteiger charge is -2.19. The second-order valence-corrected chi connectivity index (χ2v) is 4.69. The summed E-state index contributed by atoms with van der Waals surface area (Å²) in [6.45, 7) is 1.39. The number of nitrogens with zero attached hydrogens (tertiary/aromatic N) is 1. The summed E-state index contributed by atoms with van der Waals surface area (Å²) < 4.78 is 1.09. The van der Waals surface area contributed by atoms with Crippen LogP contribution >= 0.6 is 15.9 Å². The van der Waals surface area contributed by atoms with Gasteiger partial charge in [-0.1, -0.05) is 22.0 Å². The Kier molecular flexibility index (Phi) is 3.15. The number of hydrogen-bond donors (Lipinski definition) is 0. The van der Waals surface area contributed by atoms with E-state index in [1.54, 1.807) is 4.90 Å². The Labute approximate surface area is 99.2 Å². The molecule has 0 bridgehead atoms. The highest BCUT2D eigenvalue weighted by molar-refractivity contribution is 9.10. The minimum atomic E-state index is -0.328. The van der Waals surface area contributed by atoms with Crippen LogP contribution in [0.5, 0.6) is 0 Å². The maximum atomic E-state index is 11.1. The molecule has 1 aliphatic heterocycles. The van der Waals surface area contributed by atoms with Crippen molar-refractivity contribution in [3.63, 3.8) is 0 Å². The van der Waals surface area contributed by atoms with Crippen molar-refractivity contribution in [2.45, 2.75) is 19.4 Å². The van der Waals surface area contributed by atoms with Crippen LogP contribution in [0.2, 0.25) is 0 Å². The van der Waals surface area contributed by atoms with Crippen LogP contribution in [-0.2, 0) is 13.0 Å². The largest absolute Gasteiger partial charge is 0.348 e. The van der Waals surface area contributed by atoms with E-state index in [4.69, 9.17) is 7.85 Å². The van der Waals surface area contributed by atoms with Gasteiger partial charge < -0.3 is 4.90 Å². The monoisotopic (exact) mass is 263 g/mol. The molecule has 2 rings (SSSR count). The first-order valence-corrected chi connectivity index (χ1v) is 5.78. The topological polar surface area (TPSA) is 20.3 Å². The van der Waals surface area contributed by atoms with E-state index in [-0.39, 0.29) is 5.81 Å². The van der Waals surface area contributed by atoms with Gasteiger partial charge in [-0.3, -0.25) is 4.79 Å². The highest BCUT2D eigenvalue weighted by Gasteiger charge is 2.15. The predicted octanol–water partition coefficient (Wildman–Crippen LogP) is 2.49. The third kappa shape index (κ3) is 2.43. The van der Waals surface area contributed by atoms with E-state index in [0.717, 1.165) is 23.9 Å². The quantitative estimate of drug-likeness (QED) is 0.659. The number of amides is 1. The first kappa shape index (κ1) is 10.7. The number of carbonyl (C=O) groups is 1. The summed E-state index contributed by atoms with van der Waals surface area (Å²) in [4.78, 5) is 12.8. The van der Waals surface area contributed by atoms with Crippen molar-refractivity contribution in [2.24, 2.45) is 0 Å². The van der Waals surface area contributed by atoms with Gasteiger partial charge in [0.05, 0.1) is 0 Å². The van der Waals surface area contributed by atoms with E-state index >= 15 is 0 Å². The molecule has 0 saturated heterocycles. The van der Waals surface area contributed by atoms with Gasteiger partial charge in [-0.15, -0.1) is 0 Å².